The van der Waals surface area contributed by atoms with E-state index in [1.165, 1.54) is 0 Å². The molecule has 0 aromatic rings. The lowest BCUT2D eigenvalue weighted by molar-refractivity contribution is -0.146. The van der Waals surface area contributed by atoms with Gasteiger partial charge in [0.2, 0.25) is 0 Å². The normalized spacial score (nSPS) is 13.1. The molecule has 0 aromatic heterocycles. The average molecular weight is 195 g/mol. The van der Waals surface area contributed by atoms with E-state index in [9.17, 15) is 4.79 Å². The fourth-order valence-corrected chi connectivity index (χ4v) is 0.675. The molecular weight excluding hydrogens is 180 g/mol. The van der Waals surface area contributed by atoms with Crippen molar-refractivity contribution in [2.75, 3.05) is 12.5 Å². The number of hydrogen-bond donors (Lipinski definition) is 1. The van der Waals surface area contributed by atoms with Crippen molar-refractivity contribution < 1.29 is 14.6 Å². The SMILES string of the molecule is CC(C)COC(=O)C[C@H](O)CCl. The third kappa shape index (κ3) is 6.43. The van der Waals surface area contributed by atoms with Crippen LogP contribution in [0, 0.1) is 5.92 Å². The van der Waals surface area contributed by atoms with Crippen molar-refractivity contribution in [2.24, 2.45) is 5.92 Å². The minimum atomic E-state index is -0.786. The van der Waals surface area contributed by atoms with Crippen LogP contribution in [0.3, 0.4) is 0 Å². The van der Waals surface area contributed by atoms with Crippen LogP contribution in [0.1, 0.15) is 20.3 Å². The Bertz CT molecular complexity index is 136. The molecule has 0 heterocycles. The molecule has 0 aromatic carbocycles. The van der Waals surface area contributed by atoms with Gasteiger partial charge in [-0.05, 0) is 5.92 Å². The summed E-state index contributed by atoms with van der Waals surface area (Å²) in [5, 5.41) is 8.96. The van der Waals surface area contributed by atoms with Crippen LogP contribution in [0.25, 0.3) is 0 Å². The van der Waals surface area contributed by atoms with Gasteiger partial charge in [0.05, 0.1) is 19.1 Å². The molecule has 0 aliphatic heterocycles. The summed E-state index contributed by atoms with van der Waals surface area (Å²) in [7, 11) is 0. The fourth-order valence-electron chi connectivity index (χ4n) is 0.565. The summed E-state index contributed by atoms with van der Waals surface area (Å²) in [4.78, 5) is 10.9. The first-order valence-corrected chi connectivity index (χ1v) is 4.49. The Morgan fingerprint density at radius 1 is 1.58 bits per heavy atom. The third-order valence-corrected chi connectivity index (χ3v) is 1.51. The summed E-state index contributed by atoms with van der Waals surface area (Å²) >= 11 is 5.30. The number of ether oxygens (including phenoxy) is 1. The van der Waals surface area contributed by atoms with Crippen molar-refractivity contribution in [2.45, 2.75) is 26.4 Å². The maximum Gasteiger partial charge on any atom is 0.308 e. The second-order valence-corrected chi connectivity index (χ2v) is 3.40. The second-order valence-electron chi connectivity index (χ2n) is 3.09. The number of rotatable bonds is 5. The number of hydrogen-bond acceptors (Lipinski definition) is 3. The lowest BCUT2D eigenvalue weighted by atomic mass is 10.2. The van der Waals surface area contributed by atoms with Gasteiger partial charge in [0, 0.05) is 5.88 Å². The highest BCUT2D eigenvalue weighted by Gasteiger charge is 2.10. The zero-order valence-electron chi connectivity index (χ0n) is 7.42. The first-order chi connectivity index (χ1) is 5.56. The molecule has 0 aliphatic rings. The standard InChI is InChI=1S/C8H15ClO3/c1-6(2)5-12-8(11)3-7(10)4-9/h6-7,10H,3-5H2,1-2H3/t7-/m0/s1. The van der Waals surface area contributed by atoms with Crippen molar-refractivity contribution in [1.29, 1.82) is 0 Å². The van der Waals surface area contributed by atoms with E-state index in [1.54, 1.807) is 0 Å². The van der Waals surface area contributed by atoms with Gasteiger partial charge in [0.15, 0.2) is 0 Å². The topological polar surface area (TPSA) is 46.5 Å². The molecule has 0 rings (SSSR count). The maximum absolute atomic E-state index is 10.9. The Labute approximate surface area is 77.7 Å². The molecule has 0 amide bonds. The van der Waals surface area contributed by atoms with Crippen molar-refractivity contribution in [3.63, 3.8) is 0 Å². The highest BCUT2D eigenvalue weighted by atomic mass is 35.5. The monoisotopic (exact) mass is 194 g/mol. The van der Waals surface area contributed by atoms with Crippen molar-refractivity contribution in [3.05, 3.63) is 0 Å². The Morgan fingerprint density at radius 3 is 2.58 bits per heavy atom. The Hall–Kier alpha value is -0.280. The highest BCUT2D eigenvalue weighted by Crippen LogP contribution is 1.99. The summed E-state index contributed by atoms with van der Waals surface area (Å²) in [6.07, 6.45) is -0.803. The van der Waals surface area contributed by atoms with Gasteiger partial charge in [-0.25, -0.2) is 0 Å². The summed E-state index contributed by atoms with van der Waals surface area (Å²) in [5.74, 6) is -0.00417. The molecule has 72 valence electrons. The van der Waals surface area contributed by atoms with Crippen molar-refractivity contribution in [3.8, 4) is 0 Å². The number of halogens is 1. The van der Waals surface area contributed by atoms with Gasteiger partial charge in [-0.3, -0.25) is 4.79 Å². The van der Waals surface area contributed by atoms with E-state index in [0.29, 0.717) is 12.5 Å². The molecule has 4 heteroatoms. The highest BCUT2D eigenvalue weighted by molar-refractivity contribution is 6.18. The maximum atomic E-state index is 10.9. The number of aliphatic hydroxyl groups excluding tert-OH is 1. The average Bonchev–Trinajstić information content (AvgIpc) is 2.00. The van der Waals surface area contributed by atoms with Crippen LogP contribution in [-0.4, -0.2) is 29.7 Å². The molecule has 0 saturated carbocycles. The molecule has 1 atom stereocenters. The van der Waals surface area contributed by atoms with Crippen LogP contribution in [0.5, 0.6) is 0 Å². The first-order valence-electron chi connectivity index (χ1n) is 3.96. The van der Waals surface area contributed by atoms with Gasteiger partial charge in [-0.1, -0.05) is 13.8 Å². The van der Waals surface area contributed by atoms with Crippen LogP contribution in [0.4, 0.5) is 0 Å². The summed E-state index contributed by atoms with van der Waals surface area (Å²) < 4.78 is 4.82. The minimum absolute atomic E-state index is 0.0176. The molecular formula is C8H15ClO3. The molecule has 3 nitrogen and oxygen atoms in total. The third-order valence-electron chi connectivity index (χ3n) is 1.16. The number of carbonyl (C=O) groups excluding carboxylic acids is 1. The Balaban J connectivity index is 3.46. The molecule has 0 aliphatic carbocycles. The number of aliphatic hydroxyl groups is 1. The molecule has 0 radical (unpaired) electrons. The van der Waals surface area contributed by atoms with Gasteiger partial charge < -0.3 is 9.84 Å². The summed E-state index contributed by atoms with van der Waals surface area (Å²) in [6, 6.07) is 0. The molecule has 0 saturated heterocycles. The van der Waals surface area contributed by atoms with E-state index in [0.717, 1.165) is 0 Å². The predicted molar refractivity (Wildman–Crippen MR) is 47.1 cm³/mol. The van der Waals surface area contributed by atoms with Crippen molar-refractivity contribution >= 4 is 17.6 Å². The van der Waals surface area contributed by atoms with Crippen LogP contribution in [0.15, 0.2) is 0 Å². The fraction of sp³-hybridized carbons (Fsp3) is 0.875. The van der Waals surface area contributed by atoms with E-state index in [2.05, 4.69) is 0 Å². The van der Waals surface area contributed by atoms with E-state index >= 15 is 0 Å². The lowest BCUT2D eigenvalue weighted by Gasteiger charge is -2.08. The Kier molecular flexibility index (Phi) is 6.11. The van der Waals surface area contributed by atoms with Crippen LogP contribution in [0.2, 0.25) is 0 Å². The lowest BCUT2D eigenvalue weighted by Crippen LogP contribution is -2.18. The predicted octanol–water partition coefficient (Wildman–Crippen LogP) is 1.18. The van der Waals surface area contributed by atoms with Crippen LogP contribution < -0.4 is 0 Å². The molecule has 0 bridgehead atoms. The van der Waals surface area contributed by atoms with Gasteiger partial charge in [-0.2, -0.15) is 0 Å². The molecule has 0 unspecified atom stereocenters. The minimum Gasteiger partial charge on any atom is -0.465 e. The van der Waals surface area contributed by atoms with Crippen LogP contribution >= 0.6 is 11.6 Å². The molecule has 1 N–H and O–H groups in total. The summed E-state index contributed by atoms with van der Waals surface area (Å²) in [6.45, 7) is 4.30. The molecule has 0 fully saturated rings. The van der Waals surface area contributed by atoms with Gasteiger partial charge in [0.1, 0.15) is 0 Å². The second kappa shape index (κ2) is 6.26. The number of alkyl halides is 1. The van der Waals surface area contributed by atoms with E-state index in [1.807, 2.05) is 13.8 Å². The van der Waals surface area contributed by atoms with Gasteiger partial charge >= 0.3 is 5.97 Å². The van der Waals surface area contributed by atoms with E-state index in [-0.39, 0.29) is 12.3 Å². The number of esters is 1. The smallest absolute Gasteiger partial charge is 0.308 e. The van der Waals surface area contributed by atoms with Crippen molar-refractivity contribution in [1.82, 2.24) is 0 Å². The zero-order chi connectivity index (χ0) is 9.56. The van der Waals surface area contributed by atoms with Crippen LogP contribution in [-0.2, 0) is 9.53 Å². The number of carbonyl (C=O) groups is 1. The van der Waals surface area contributed by atoms with E-state index in [4.69, 9.17) is 21.4 Å². The molecule has 0 spiro atoms. The molecule has 12 heavy (non-hydrogen) atoms. The Morgan fingerprint density at radius 2 is 2.17 bits per heavy atom. The van der Waals surface area contributed by atoms with Gasteiger partial charge in [-0.15, -0.1) is 11.6 Å². The zero-order valence-corrected chi connectivity index (χ0v) is 8.17. The van der Waals surface area contributed by atoms with Gasteiger partial charge in [0.25, 0.3) is 0 Å². The quantitative estimate of drug-likeness (QED) is 0.528. The first kappa shape index (κ1) is 11.7. The summed E-state index contributed by atoms with van der Waals surface area (Å²) in [5.41, 5.74) is 0. The largest absolute Gasteiger partial charge is 0.465 e. The van der Waals surface area contributed by atoms with E-state index < -0.39 is 12.1 Å².